The van der Waals surface area contributed by atoms with Gasteiger partial charge in [-0.1, -0.05) is 11.6 Å². The lowest BCUT2D eigenvalue weighted by Gasteiger charge is -2.22. The molecule has 7 nitrogen and oxygen atoms in total. The third-order valence-electron chi connectivity index (χ3n) is 2.92. The van der Waals surface area contributed by atoms with E-state index in [2.05, 4.69) is 4.98 Å². The third-order valence-corrected chi connectivity index (χ3v) is 5.30. The Kier molecular flexibility index (Phi) is 4.62. The van der Waals surface area contributed by atoms with Crippen molar-refractivity contribution in [3.63, 3.8) is 0 Å². The molecule has 0 saturated heterocycles. The monoisotopic (exact) mass is 341 g/mol. The summed E-state index contributed by atoms with van der Waals surface area (Å²) in [6.07, 6.45) is 2.95. The highest BCUT2D eigenvalue weighted by Gasteiger charge is 2.27. The molecule has 2 rings (SSSR count). The average Bonchev–Trinajstić information content (AvgIpc) is 2.48. The van der Waals surface area contributed by atoms with E-state index in [4.69, 9.17) is 11.6 Å². The Morgan fingerprint density at radius 1 is 1.36 bits per heavy atom. The van der Waals surface area contributed by atoms with Crippen molar-refractivity contribution in [3.8, 4) is 0 Å². The lowest BCUT2D eigenvalue weighted by atomic mass is 10.3. The van der Waals surface area contributed by atoms with Gasteiger partial charge in [-0.3, -0.25) is 19.4 Å². The molecular weight excluding hydrogens is 330 g/mol. The van der Waals surface area contributed by atoms with E-state index in [0.29, 0.717) is 5.69 Å². The summed E-state index contributed by atoms with van der Waals surface area (Å²) >= 11 is 5.92. The molecule has 1 heterocycles. The van der Waals surface area contributed by atoms with E-state index in [0.717, 1.165) is 22.5 Å². The lowest BCUT2D eigenvalue weighted by Crippen LogP contribution is -2.31. The van der Waals surface area contributed by atoms with Crippen LogP contribution in [0.4, 0.5) is 11.4 Å². The molecule has 0 radical (unpaired) electrons. The SMILES string of the molecule is CCN(c1cccnc1)S(=O)(=O)c1ccc([N+](=O)[O-])cc1Cl. The van der Waals surface area contributed by atoms with Crippen molar-refractivity contribution in [2.75, 3.05) is 10.8 Å². The standard InChI is InChI=1S/C13H12ClN3O4S/c1-2-16(11-4-3-7-15-9-11)22(20,21)13-6-5-10(17(18)19)8-12(13)14/h3-9H,2H2,1H3. The van der Waals surface area contributed by atoms with Gasteiger partial charge in [0.2, 0.25) is 0 Å². The molecule has 1 aromatic carbocycles. The smallest absolute Gasteiger partial charge is 0.265 e. The molecule has 0 spiro atoms. The molecule has 2 aromatic rings. The van der Waals surface area contributed by atoms with Gasteiger partial charge < -0.3 is 0 Å². The summed E-state index contributed by atoms with van der Waals surface area (Å²) in [5, 5.41) is 10.5. The highest BCUT2D eigenvalue weighted by Crippen LogP contribution is 2.30. The van der Waals surface area contributed by atoms with E-state index in [1.54, 1.807) is 19.1 Å². The predicted molar refractivity (Wildman–Crippen MR) is 82.5 cm³/mol. The Labute approximate surface area is 132 Å². The number of halogens is 1. The molecule has 1 aromatic heterocycles. The van der Waals surface area contributed by atoms with Gasteiger partial charge in [0.15, 0.2) is 0 Å². The number of non-ortho nitro benzene ring substituents is 1. The van der Waals surface area contributed by atoms with Crippen LogP contribution in [0.15, 0.2) is 47.6 Å². The topological polar surface area (TPSA) is 93.4 Å². The Morgan fingerprint density at radius 2 is 2.09 bits per heavy atom. The van der Waals surface area contributed by atoms with Gasteiger partial charge in [0.1, 0.15) is 4.90 Å². The van der Waals surface area contributed by atoms with Crippen LogP contribution in [0.1, 0.15) is 6.92 Å². The number of nitrogens with zero attached hydrogens (tertiary/aromatic N) is 3. The van der Waals surface area contributed by atoms with Crippen LogP contribution < -0.4 is 4.31 Å². The molecule has 0 fully saturated rings. The van der Waals surface area contributed by atoms with Gasteiger partial charge in [0.05, 0.1) is 21.8 Å². The minimum absolute atomic E-state index is 0.168. The van der Waals surface area contributed by atoms with Crippen LogP contribution in [0.3, 0.4) is 0 Å². The van der Waals surface area contributed by atoms with Crippen LogP contribution in [-0.4, -0.2) is 24.9 Å². The Balaban J connectivity index is 2.52. The van der Waals surface area contributed by atoms with E-state index in [1.807, 2.05) is 0 Å². The summed E-state index contributed by atoms with van der Waals surface area (Å²) in [5.74, 6) is 0. The summed E-state index contributed by atoms with van der Waals surface area (Å²) in [5.41, 5.74) is 0.118. The van der Waals surface area contributed by atoms with Crippen LogP contribution in [0.25, 0.3) is 0 Å². The van der Waals surface area contributed by atoms with E-state index in [1.165, 1.54) is 12.4 Å². The van der Waals surface area contributed by atoms with Crippen molar-refractivity contribution < 1.29 is 13.3 Å². The fraction of sp³-hybridized carbons (Fsp3) is 0.154. The second-order valence-electron chi connectivity index (χ2n) is 4.25. The normalized spacial score (nSPS) is 11.2. The van der Waals surface area contributed by atoms with Crippen molar-refractivity contribution in [3.05, 3.63) is 57.9 Å². The molecule has 0 amide bonds. The minimum atomic E-state index is -3.94. The van der Waals surface area contributed by atoms with Gasteiger partial charge >= 0.3 is 0 Å². The molecule has 0 saturated carbocycles. The van der Waals surface area contributed by atoms with Crippen LogP contribution in [0.2, 0.25) is 5.02 Å². The van der Waals surface area contributed by atoms with E-state index in [9.17, 15) is 18.5 Å². The van der Waals surface area contributed by atoms with Crippen molar-refractivity contribution in [2.45, 2.75) is 11.8 Å². The first kappa shape index (κ1) is 16.2. The molecule has 116 valence electrons. The van der Waals surface area contributed by atoms with Crippen LogP contribution in [-0.2, 0) is 10.0 Å². The molecule has 0 aliphatic carbocycles. The molecular formula is C13H12ClN3O4S. The van der Waals surface area contributed by atoms with Crippen molar-refractivity contribution in [1.82, 2.24) is 4.98 Å². The average molecular weight is 342 g/mol. The molecule has 0 unspecified atom stereocenters. The molecule has 0 aliphatic heterocycles. The number of hydrogen-bond donors (Lipinski definition) is 0. The van der Waals surface area contributed by atoms with E-state index >= 15 is 0 Å². The zero-order chi connectivity index (χ0) is 16.3. The maximum atomic E-state index is 12.7. The van der Waals surface area contributed by atoms with E-state index < -0.39 is 14.9 Å². The van der Waals surface area contributed by atoms with Gasteiger partial charge in [-0.15, -0.1) is 0 Å². The first-order valence-corrected chi connectivity index (χ1v) is 8.06. The molecule has 0 N–H and O–H groups in total. The third kappa shape index (κ3) is 3.02. The summed E-state index contributed by atoms with van der Waals surface area (Å²) in [4.78, 5) is 13.8. The maximum Gasteiger partial charge on any atom is 0.271 e. The summed E-state index contributed by atoms with van der Waals surface area (Å²) < 4.78 is 26.6. The van der Waals surface area contributed by atoms with Crippen molar-refractivity contribution in [2.24, 2.45) is 0 Å². The molecule has 0 atom stereocenters. The molecule has 0 bridgehead atoms. The van der Waals surface area contributed by atoms with Gasteiger partial charge in [0, 0.05) is 24.9 Å². The summed E-state index contributed by atoms with van der Waals surface area (Å²) in [6.45, 7) is 1.84. The number of rotatable bonds is 5. The number of sulfonamides is 1. The predicted octanol–water partition coefficient (Wildman–Crippen LogP) is 2.86. The second-order valence-corrected chi connectivity index (χ2v) is 6.49. The number of aromatic nitrogens is 1. The zero-order valence-electron chi connectivity index (χ0n) is 11.5. The molecule has 22 heavy (non-hydrogen) atoms. The van der Waals surface area contributed by atoms with Crippen LogP contribution in [0.5, 0.6) is 0 Å². The fourth-order valence-electron chi connectivity index (χ4n) is 1.92. The van der Waals surface area contributed by atoms with Gasteiger partial charge in [0.25, 0.3) is 15.7 Å². The Morgan fingerprint density at radius 3 is 2.59 bits per heavy atom. The number of anilines is 1. The van der Waals surface area contributed by atoms with E-state index in [-0.39, 0.29) is 22.2 Å². The largest absolute Gasteiger partial charge is 0.271 e. The van der Waals surface area contributed by atoms with Crippen molar-refractivity contribution >= 4 is 33.0 Å². The highest BCUT2D eigenvalue weighted by molar-refractivity contribution is 7.93. The van der Waals surface area contributed by atoms with Crippen LogP contribution >= 0.6 is 11.6 Å². The second kappa shape index (κ2) is 6.29. The molecule has 9 heteroatoms. The maximum absolute atomic E-state index is 12.7. The summed E-state index contributed by atoms with van der Waals surface area (Å²) in [7, 11) is -3.94. The van der Waals surface area contributed by atoms with Crippen molar-refractivity contribution in [1.29, 1.82) is 0 Å². The first-order valence-electron chi connectivity index (χ1n) is 6.24. The first-order chi connectivity index (χ1) is 10.4. The Bertz CT molecular complexity index is 796. The minimum Gasteiger partial charge on any atom is -0.265 e. The number of hydrogen-bond acceptors (Lipinski definition) is 5. The highest BCUT2D eigenvalue weighted by atomic mass is 35.5. The van der Waals surface area contributed by atoms with Gasteiger partial charge in [-0.25, -0.2) is 8.42 Å². The lowest BCUT2D eigenvalue weighted by molar-refractivity contribution is -0.384. The summed E-state index contributed by atoms with van der Waals surface area (Å²) in [6, 6.07) is 6.48. The number of pyridine rings is 1. The van der Waals surface area contributed by atoms with Gasteiger partial charge in [-0.05, 0) is 25.1 Å². The quantitative estimate of drug-likeness (QED) is 0.615. The number of nitro benzene ring substituents is 1. The van der Waals surface area contributed by atoms with Crippen LogP contribution in [0, 0.1) is 10.1 Å². The Hall–Kier alpha value is -2.19. The molecule has 0 aliphatic rings. The number of nitro groups is 1. The van der Waals surface area contributed by atoms with Gasteiger partial charge in [-0.2, -0.15) is 0 Å². The fourth-order valence-corrected chi connectivity index (χ4v) is 3.90. The number of benzene rings is 1. The zero-order valence-corrected chi connectivity index (χ0v) is 13.1.